The van der Waals surface area contributed by atoms with Gasteiger partial charge in [-0.1, -0.05) is 11.6 Å². The van der Waals surface area contributed by atoms with Crippen molar-refractivity contribution < 1.29 is 22.4 Å². The number of halogens is 5. The van der Waals surface area contributed by atoms with Crippen LogP contribution in [-0.4, -0.2) is 24.8 Å². The number of hydrogen-bond acceptors (Lipinski definition) is 2. The summed E-state index contributed by atoms with van der Waals surface area (Å²) in [6, 6.07) is 3.29. The summed E-state index contributed by atoms with van der Waals surface area (Å²) < 4.78 is 49.1. The molecule has 1 amide bonds. The molecule has 0 atom stereocenters. The average molecular weight is 290 g/mol. The quantitative estimate of drug-likeness (QED) is 0.830. The maximum absolute atomic E-state index is 12.5. The molecule has 0 saturated heterocycles. The first-order chi connectivity index (χ1) is 7.84. The Bertz CT molecular complexity index is 396. The van der Waals surface area contributed by atoms with Gasteiger partial charge in [0.05, 0.1) is 4.34 Å². The number of hydrogen-bond donors (Lipinski definition) is 1. The highest BCUT2D eigenvalue weighted by molar-refractivity contribution is 7.16. The minimum Gasteiger partial charge on any atom is -0.350 e. The molecule has 0 bridgehead atoms. The van der Waals surface area contributed by atoms with Gasteiger partial charge in [-0.15, -0.1) is 11.3 Å². The summed E-state index contributed by atoms with van der Waals surface area (Å²) in [6.45, 7) is -0.141. The molecule has 8 heteroatoms. The molecule has 0 aliphatic rings. The van der Waals surface area contributed by atoms with Crippen LogP contribution >= 0.6 is 22.9 Å². The second-order valence-electron chi connectivity index (χ2n) is 3.14. The molecule has 0 aliphatic heterocycles. The van der Waals surface area contributed by atoms with Gasteiger partial charge in [0, 0.05) is 11.4 Å². The molecule has 0 spiro atoms. The van der Waals surface area contributed by atoms with Crippen molar-refractivity contribution in [1.29, 1.82) is 0 Å². The lowest BCUT2D eigenvalue weighted by atomic mass is 10.3. The summed E-state index contributed by atoms with van der Waals surface area (Å²) in [6.07, 6.45) is -3.73. The highest BCUT2D eigenvalue weighted by atomic mass is 35.5. The van der Waals surface area contributed by atoms with Crippen LogP contribution in [0.1, 0.15) is 4.88 Å². The standard InChI is InChI=1S/C9H8ClF4NOS/c10-6-2-1-5(17-6)3-4-15-8(16)9(13,14)7(11)12/h1-2,7H,3-4H2,(H,15,16). The van der Waals surface area contributed by atoms with Crippen LogP contribution in [0.2, 0.25) is 4.34 Å². The van der Waals surface area contributed by atoms with E-state index in [1.807, 2.05) is 0 Å². The number of thiophene rings is 1. The summed E-state index contributed by atoms with van der Waals surface area (Å²) in [5.41, 5.74) is 0. The number of rotatable bonds is 5. The maximum atomic E-state index is 12.5. The molecule has 1 heterocycles. The third kappa shape index (κ3) is 3.85. The van der Waals surface area contributed by atoms with Crippen LogP contribution < -0.4 is 5.32 Å². The van der Waals surface area contributed by atoms with Crippen LogP contribution in [0.4, 0.5) is 17.6 Å². The van der Waals surface area contributed by atoms with Gasteiger partial charge in [0.25, 0.3) is 5.91 Å². The van der Waals surface area contributed by atoms with Crippen molar-refractivity contribution >= 4 is 28.8 Å². The summed E-state index contributed by atoms with van der Waals surface area (Å²) in [4.78, 5) is 11.5. The van der Waals surface area contributed by atoms with Crippen molar-refractivity contribution in [3.05, 3.63) is 21.3 Å². The van der Waals surface area contributed by atoms with E-state index in [1.165, 1.54) is 11.3 Å². The fourth-order valence-electron chi connectivity index (χ4n) is 1.00. The summed E-state index contributed by atoms with van der Waals surface area (Å²) >= 11 is 6.86. The maximum Gasteiger partial charge on any atom is 0.383 e. The van der Waals surface area contributed by atoms with Crippen molar-refractivity contribution in [1.82, 2.24) is 5.32 Å². The minimum absolute atomic E-state index is 0.141. The predicted molar refractivity (Wildman–Crippen MR) is 57.0 cm³/mol. The molecule has 0 saturated carbocycles. The van der Waals surface area contributed by atoms with E-state index in [4.69, 9.17) is 11.6 Å². The Morgan fingerprint density at radius 3 is 2.59 bits per heavy atom. The van der Waals surface area contributed by atoms with Crippen LogP contribution in [0.15, 0.2) is 12.1 Å². The lowest BCUT2D eigenvalue weighted by Crippen LogP contribution is -2.45. The Kier molecular flexibility index (Phi) is 4.76. The molecule has 17 heavy (non-hydrogen) atoms. The molecule has 96 valence electrons. The fourth-order valence-corrected chi connectivity index (χ4v) is 2.09. The normalized spacial score (nSPS) is 11.9. The van der Waals surface area contributed by atoms with E-state index in [1.54, 1.807) is 17.4 Å². The van der Waals surface area contributed by atoms with Gasteiger partial charge in [0.2, 0.25) is 0 Å². The Balaban J connectivity index is 2.39. The van der Waals surface area contributed by atoms with Gasteiger partial charge >= 0.3 is 12.3 Å². The number of alkyl halides is 4. The smallest absolute Gasteiger partial charge is 0.350 e. The van der Waals surface area contributed by atoms with E-state index >= 15 is 0 Å². The Morgan fingerprint density at radius 1 is 1.47 bits per heavy atom. The van der Waals surface area contributed by atoms with Crippen molar-refractivity contribution in [3.63, 3.8) is 0 Å². The highest BCUT2D eigenvalue weighted by Crippen LogP contribution is 2.23. The van der Waals surface area contributed by atoms with Gasteiger partial charge in [-0.05, 0) is 18.6 Å². The third-order valence-corrected chi connectivity index (χ3v) is 3.15. The lowest BCUT2D eigenvalue weighted by molar-refractivity contribution is -0.169. The SMILES string of the molecule is O=C(NCCc1ccc(Cl)s1)C(F)(F)C(F)F. The average Bonchev–Trinajstić information content (AvgIpc) is 2.63. The lowest BCUT2D eigenvalue weighted by Gasteiger charge is -2.14. The van der Waals surface area contributed by atoms with Gasteiger partial charge in [-0.3, -0.25) is 4.79 Å². The van der Waals surface area contributed by atoms with E-state index in [9.17, 15) is 22.4 Å². The van der Waals surface area contributed by atoms with Crippen LogP contribution in [0.25, 0.3) is 0 Å². The number of carbonyl (C=O) groups is 1. The first kappa shape index (κ1) is 14.2. The molecule has 0 aromatic carbocycles. The van der Waals surface area contributed by atoms with Crippen LogP contribution in [0.5, 0.6) is 0 Å². The van der Waals surface area contributed by atoms with Crippen LogP contribution in [0, 0.1) is 0 Å². The Labute approximate surface area is 104 Å². The number of amides is 1. The van der Waals surface area contributed by atoms with E-state index in [0.29, 0.717) is 4.34 Å². The molecule has 0 radical (unpaired) electrons. The highest BCUT2D eigenvalue weighted by Gasteiger charge is 2.48. The largest absolute Gasteiger partial charge is 0.383 e. The molecule has 1 aromatic heterocycles. The minimum atomic E-state index is -4.65. The molecule has 0 unspecified atom stereocenters. The molecule has 1 N–H and O–H groups in total. The molecule has 0 aliphatic carbocycles. The van der Waals surface area contributed by atoms with Crippen molar-refractivity contribution in [2.75, 3.05) is 6.54 Å². The monoisotopic (exact) mass is 289 g/mol. The van der Waals surface area contributed by atoms with E-state index in [2.05, 4.69) is 0 Å². The summed E-state index contributed by atoms with van der Waals surface area (Å²) in [5.74, 6) is -6.61. The van der Waals surface area contributed by atoms with Crippen molar-refractivity contribution in [3.8, 4) is 0 Å². The van der Waals surface area contributed by atoms with E-state index < -0.39 is 18.3 Å². The second kappa shape index (κ2) is 5.68. The number of nitrogens with one attached hydrogen (secondary N) is 1. The molecule has 0 fully saturated rings. The first-order valence-electron chi connectivity index (χ1n) is 4.52. The molecule has 2 nitrogen and oxygen atoms in total. The number of carbonyl (C=O) groups excluding carboxylic acids is 1. The molecule has 1 rings (SSSR count). The van der Waals surface area contributed by atoms with Crippen LogP contribution in [0.3, 0.4) is 0 Å². The van der Waals surface area contributed by atoms with Gasteiger partial charge in [-0.25, -0.2) is 8.78 Å². The summed E-state index contributed by atoms with van der Waals surface area (Å²) in [5, 5.41) is 1.76. The van der Waals surface area contributed by atoms with Gasteiger partial charge in [0.1, 0.15) is 0 Å². The zero-order chi connectivity index (χ0) is 13.1. The van der Waals surface area contributed by atoms with E-state index in [-0.39, 0.29) is 13.0 Å². The Hall–Kier alpha value is -0.820. The predicted octanol–water partition coefficient (Wildman–Crippen LogP) is 2.96. The van der Waals surface area contributed by atoms with E-state index in [0.717, 1.165) is 4.88 Å². The van der Waals surface area contributed by atoms with Crippen molar-refractivity contribution in [2.45, 2.75) is 18.8 Å². The first-order valence-corrected chi connectivity index (χ1v) is 5.72. The zero-order valence-electron chi connectivity index (χ0n) is 8.35. The van der Waals surface area contributed by atoms with Gasteiger partial charge in [0.15, 0.2) is 0 Å². The Morgan fingerprint density at radius 2 is 2.12 bits per heavy atom. The molecule has 1 aromatic rings. The van der Waals surface area contributed by atoms with Crippen molar-refractivity contribution in [2.24, 2.45) is 0 Å². The molecular weight excluding hydrogens is 282 g/mol. The topological polar surface area (TPSA) is 29.1 Å². The van der Waals surface area contributed by atoms with Gasteiger partial charge < -0.3 is 5.32 Å². The zero-order valence-corrected chi connectivity index (χ0v) is 9.93. The third-order valence-electron chi connectivity index (χ3n) is 1.86. The van der Waals surface area contributed by atoms with Gasteiger partial charge in [-0.2, -0.15) is 8.78 Å². The summed E-state index contributed by atoms with van der Waals surface area (Å²) in [7, 11) is 0. The fraction of sp³-hybridized carbons (Fsp3) is 0.444. The molecular formula is C9H8ClF4NOS. The van der Waals surface area contributed by atoms with Crippen LogP contribution in [-0.2, 0) is 11.2 Å². The second-order valence-corrected chi connectivity index (χ2v) is 4.94.